The largest absolute Gasteiger partial charge is 0.337 e. The first-order chi connectivity index (χ1) is 16.5. The van der Waals surface area contributed by atoms with Crippen LogP contribution in [0, 0.1) is 11.8 Å². The van der Waals surface area contributed by atoms with Crippen LogP contribution in [0.1, 0.15) is 87.5 Å². The fourth-order valence-electron chi connectivity index (χ4n) is 8.66. The summed E-state index contributed by atoms with van der Waals surface area (Å²) in [6, 6.07) is 19.5. The number of hydrogen-bond acceptors (Lipinski definition) is 1. The van der Waals surface area contributed by atoms with E-state index in [1.54, 1.807) is 11.1 Å². The molecule has 0 heterocycles. The molecule has 2 aromatic rings. The third-order valence-electron chi connectivity index (χ3n) is 9.74. The smallest absolute Gasteiger partial charge is 0.231 e. The first-order valence-corrected chi connectivity index (χ1v) is 13.9. The van der Waals surface area contributed by atoms with E-state index >= 15 is 0 Å². The molecule has 0 saturated heterocycles. The molecule has 0 radical (unpaired) electrons. The Morgan fingerprint density at radius 3 is 1.53 bits per heavy atom. The van der Waals surface area contributed by atoms with Gasteiger partial charge in [-0.05, 0) is 82.5 Å². The predicted molar refractivity (Wildman–Crippen MR) is 147 cm³/mol. The Labute approximate surface area is 207 Å². The lowest BCUT2D eigenvalue weighted by molar-refractivity contribution is 0.284. The lowest BCUT2D eigenvalue weighted by atomic mass is 9.36. The van der Waals surface area contributed by atoms with E-state index in [9.17, 15) is 0 Å². The average Bonchev–Trinajstić information content (AvgIpc) is 3.47. The van der Waals surface area contributed by atoms with Gasteiger partial charge in [-0.2, -0.15) is 0 Å². The summed E-state index contributed by atoms with van der Waals surface area (Å²) >= 11 is 0. The Bertz CT molecular complexity index is 1010. The molecular formula is C32H40BN. The highest BCUT2D eigenvalue weighted by molar-refractivity contribution is 6.60. The highest BCUT2D eigenvalue weighted by Gasteiger charge is 2.53. The van der Waals surface area contributed by atoms with Crippen LogP contribution in [-0.2, 0) is 0 Å². The number of nitrogens with zero attached hydrogens (tertiary/aromatic N) is 1. The van der Waals surface area contributed by atoms with E-state index in [1.807, 2.05) is 0 Å². The molecule has 4 aliphatic carbocycles. The van der Waals surface area contributed by atoms with Crippen LogP contribution in [0.4, 0.5) is 0 Å². The van der Waals surface area contributed by atoms with Crippen LogP contribution < -0.4 is 0 Å². The second-order valence-corrected chi connectivity index (χ2v) is 12.0. The molecule has 0 N–H and O–H groups in total. The van der Waals surface area contributed by atoms with E-state index < -0.39 is 0 Å². The molecule has 2 fully saturated rings. The standard InChI is InChI=1S/C32H40BN/c1-21(2)34(22(3)4)33(31-19-17-27-25-11-7-5-9-23(25)13-15-29(27)31)32-20-18-28-26-12-8-6-10-24(26)14-16-30(28)32/h5-16,21-22,27-32H,17-20H2,1-4H3. The summed E-state index contributed by atoms with van der Waals surface area (Å²) in [5.74, 6) is 4.25. The van der Waals surface area contributed by atoms with Gasteiger partial charge < -0.3 is 4.81 Å². The fourth-order valence-corrected chi connectivity index (χ4v) is 8.66. The zero-order valence-corrected chi connectivity index (χ0v) is 21.4. The van der Waals surface area contributed by atoms with Gasteiger partial charge in [0.2, 0.25) is 6.85 Å². The second-order valence-electron chi connectivity index (χ2n) is 12.0. The fraction of sp³-hybridized carbons (Fsp3) is 0.500. The molecule has 0 amide bonds. The molecule has 6 rings (SSSR count). The Hall–Kier alpha value is -2.06. The lowest BCUT2D eigenvalue weighted by Crippen LogP contribution is -2.54. The molecule has 1 nitrogen and oxygen atoms in total. The van der Waals surface area contributed by atoms with Crippen molar-refractivity contribution in [1.29, 1.82) is 0 Å². The Kier molecular flexibility index (Phi) is 5.84. The maximum Gasteiger partial charge on any atom is 0.231 e. The van der Waals surface area contributed by atoms with Crippen molar-refractivity contribution in [3.05, 3.63) is 82.9 Å². The van der Waals surface area contributed by atoms with Crippen LogP contribution in [0.3, 0.4) is 0 Å². The van der Waals surface area contributed by atoms with Crippen molar-refractivity contribution in [3.8, 4) is 0 Å². The van der Waals surface area contributed by atoms with Crippen molar-refractivity contribution >= 4 is 19.0 Å². The van der Waals surface area contributed by atoms with E-state index in [1.165, 1.54) is 36.8 Å². The molecule has 0 aliphatic heterocycles. The molecule has 0 bridgehead atoms. The normalized spacial score (nSPS) is 31.0. The molecule has 0 spiro atoms. The number of rotatable bonds is 5. The van der Waals surface area contributed by atoms with Gasteiger partial charge in [0.15, 0.2) is 0 Å². The summed E-state index contributed by atoms with van der Waals surface area (Å²) in [6.45, 7) is 10.4. The average molecular weight is 449 g/mol. The maximum absolute atomic E-state index is 2.92. The quantitative estimate of drug-likeness (QED) is 0.415. The van der Waals surface area contributed by atoms with Crippen molar-refractivity contribution in [2.24, 2.45) is 11.8 Å². The molecule has 6 unspecified atom stereocenters. The summed E-state index contributed by atoms with van der Waals surface area (Å²) < 4.78 is 0. The Balaban J connectivity index is 1.38. The molecule has 176 valence electrons. The Morgan fingerprint density at radius 1 is 0.647 bits per heavy atom. The topological polar surface area (TPSA) is 3.24 Å². The SMILES string of the molecule is CC(C)N(B(C1CCC2c3ccccc3C=CC12)C1CCC2c3ccccc3C=CC12)C(C)C. The molecule has 6 atom stereocenters. The van der Waals surface area contributed by atoms with Crippen LogP contribution in [0.2, 0.25) is 11.6 Å². The van der Waals surface area contributed by atoms with Crippen molar-refractivity contribution < 1.29 is 0 Å². The van der Waals surface area contributed by atoms with Crippen molar-refractivity contribution in [2.45, 2.75) is 88.9 Å². The van der Waals surface area contributed by atoms with Crippen LogP contribution in [0.5, 0.6) is 0 Å². The highest BCUT2D eigenvalue weighted by Crippen LogP contribution is 2.60. The van der Waals surface area contributed by atoms with E-state index in [4.69, 9.17) is 0 Å². The summed E-state index contributed by atoms with van der Waals surface area (Å²) in [5.41, 5.74) is 6.12. The lowest BCUT2D eigenvalue weighted by Gasteiger charge is -2.46. The van der Waals surface area contributed by atoms with Crippen molar-refractivity contribution in [3.63, 3.8) is 0 Å². The van der Waals surface area contributed by atoms with Gasteiger partial charge in [0.1, 0.15) is 0 Å². The number of hydrogen-bond donors (Lipinski definition) is 0. The molecule has 2 aromatic carbocycles. The predicted octanol–water partition coefficient (Wildman–Crippen LogP) is 8.28. The monoisotopic (exact) mass is 449 g/mol. The molecule has 4 aliphatic rings. The summed E-state index contributed by atoms with van der Waals surface area (Å²) in [5, 5.41) is 0. The molecule has 2 saturated carbocycles. The summed E-state index contributed by atoms with van der Waals surface area (Å²) in [7, 11) is 0. The zero-order valence-electron chi connectivity index (χ0n) is 21.4. The van der Waals surface area contributed by atoms with Gasteiger partial charge in [-0.1, -0.05) is 113 Å². The van der Waals surface area contributed by atoms with E-state index in [2.05, 4.69) is 105 Å². The van der Waals surface area contributed by atoms with E-state index in [0.29, 0.717) is 42.6 Å². The van der Waals surface area contributed by atoms with Gasteiger partial charge >= 0.3 is 0 Å². The first-order valence-electron chi connectivity index (χ1n) is 13.9. The van der Waals surface area contributed by atoms with Gasteiger partial charge in [-0.25, -0.2) is 0 Å². The number of allylic oxidation sites excluding steroid dienone is 2. The van der Waals surface area contributed by atoms with Gasteiger partial charge in [0.25, 0.3) is 0 Å². The van der Waals surface area contributed by atoms with Gasteiger partial charge in [-0.15, -0.1) is 0 Å². The molecule has 34 heavy (non-hydrogen) atoms. The van der Waals surface area contributed by atoms with Crippen LogP contribution in [-0.4, -0.2) is 23.7 Å². The van der Waals surface area contributed by atoms with Gasteiger partial charge in [-0.3, -0.25) is 0 Å². The molecule has 0 aromatic heterocycles. The minimum Gasteiger partial charge on any atom is -0.337 e. The third-order valence-corrected chi connectivity index (χ3v) is 9.74. The zero-order chi connectivity index (χ0) is 23.4. The molecular weight excluding hydrogens is 409 g/mol. The van der Waals surface area contributed by atoms with Crippen LogP contribution >= 0.6 is 0 Å². The number of fused-ring (bicyclic) bond motifs is 6. The highest BCUT2D eigenvalue weighted by atomic mass is 15.1. The van der Waals surface area contributed by atoms with Gasteiger partial charge in [0, 0.05) is 0 Å². The van der Waals surface area contributed by atoms with E-state index in [0.717, 1.165) is 11.6 Å². The maximum atomic E-state index is 2.92. The summed E-state index contributed by atoms with van der Waals surface area (Å²) in [6.07, 6.45) is 15.5. The van der Waals surface area contributed by atoms with Crippen LogP contribution in [0.15, 0.2) is 60.7 Å². The van der Waals surface area contributed by atoms with Crippen LogP contribution in [0.25, 0.3) is 12.2 Å². The minimum absolute atomic E-state index is 0.572. The minimum atomic E-state index is 0.572. The summed E-state index contributed by atoms with van der Waals surface area (Å²) in [4.78, 5) is 2.92. The Morgan fingerprint density at radius 2 is 1.09 bits per heavy atom. The molecule has 2 heteroatoms. The van der Waals surface area contributed by atoms with Crippen molar-refractivity contribution in [2.75, 3.05) is 0 Å². The third kappa shape index (κ3) is 3.56. The van der Waals surface area contributed by atoms with Crippen molar-refractivity contribution in [1.82, 2.24) is 4.81 Å². The van der Waals surface area contributed by atoms with E-state index in [-0.39, 0.29) is 0 Å². The number of benzene rings is 2. The first kappa shape index (κ1) is 22.4. The second kappa shape index (κ2) is 8.87. The van der Waals surface area contributed by atoms with Gasteiger partial charge in [0.05, 0.1) is 0 Å².